The van der Waals surface area contributed by atoms with Crippen molar-refractivity contribution < 1.29 is 4.74 Å². The van der Waals surface area contributed by atoms with Crippen LogP contribution < -0.4 is 10.2 Å². The molecule has 3 heterocycles. The lowest BCUT2D eigenvalue weighted by Crippen LogP contribution is -2.39. The highest BCUT2D eigenvalue weighted by Gasteiger charge is 2.20. The van der Waals surface area contributed by atoms with Crippen molar-refractivity contribution in [2.45, 2.75) is 18.9 Å². The van der Waals surface area contributed by atoms with Gasteiger partial charge in [-0.3, -0.25) is 0 Å². The van der Waals surface area contributed by atoms with Gasteiger partial charge in [-0.1, -0.05) is 0 Å². The van der Waals surface area contributed by atoms with E-state index in [4.69, 9.17) is 10.00 Å². The first-order valence-electron chi connectivity index (χ1n) is 7.38. The van der Waals surface area contributed by atoms with Gasteiger partial charge in [-0.05, 0) is 12.8 Å². The molecule has 0 saturated carbocycles. The highest BCUT2D eigenvalue weighted by Crippen LogP contribution is 2.21. The van der Waals surface area contributed by atoms with E-state index in [1.807, 2.05) is 19.2 Å². The predicted octanol–water partition coefficient (Wildman–Crippen LogP) is 1.50. The van der Waals surface area contributed by atoms with Crippen LogP contribution in [0.25, 0.3) is 0 Å². The number of hydrogen-bond acceptors (Lipinski definition) is 8. The Morgan fingerprint density at radius 2 is 2.17 bits per heavy atom. The van der Waals surface area contributed by atoms with Gasteiger partial charge in [0.15, 0.2) is 5.69 Å². The number of rotatable bonds is 4. The van der Waals surface area contributed by atoms with E-state index in [1.54, 1.807) is 0 Å². The molecule has 0 spiro atoms. The smallest absolute Gasteiger partial charge is 0.158 e. The van der Waals surface area contributed by atoms with Crippen LogP contribution in [-0.2, 0) is 4.74 Å². The summed E-state index contributed by atoms with van der Waals surface area (Å²) in [6.07, 6.45) is 6.57. The largest absolute Gasteiger partial charge is 0.379 e. The summed E-state index contributed by atoms with van der Waals surface area (Å²) in [4.78, 5) is 18.7. The van der Waals surface area contributed by atoms with Crippen molar-refractivity contribution in [1.29, 1.82) is 5.26 Å². The van der Waals surface area contributed by atoms with Gasteiger partial charge in [0, 0.05) is 19.7 Å². The van der Waals surface area contributed by atoms with Gasteiger partial charge in [0.2, 0.25) is 0 Å². The summed E-state index contributed by atoms with van der Waals surface area (Å²) in [6.45, 7) is 1.54. The summed E-state index contributed by atoms with van der Waals surface area (Å²) in [5.74, 6) is 1.97. The lowest BCUT2D eigenvalue weighted by Gasteiger charge is -2.31. The Bertz CT molecular complexity index is 692. The van der Waals surface area contributed by atoms with Crippen LogP contribution >= 0.6 is 0 Å². The normalized spacial score (nSPS) is 17.3. The van der Waals surface area contributed by atoms with E-state index in [9.17, 15) is 0 Å². The summed E-state index contributed by atoms with van der Waals surface area (Å²) in [6, 6.07) is 4.11. The minimum Gasteiger partial charge on any atom is -0.379 e. The van der Waals surface area contributed by atoms with Crippen molar-refractivity contribution in [3.8, 4) is 6.07 Å². The highest BCUT2D eigenvalue weighted by atomic mass is 16.5. The number of nitrogens with zero attached hydrogens (tertiary/aromatic N) is 6. The van der Waals surface area contributed by atoms with Gasteiger partial charge < -0.3 is 15.0 Å². The molecule has 118 valence electrons. The molecule has 2 aromatic heterocycles. The molecule has 0 aromatic carbocycles. The average Bonchev–Trinajstić information content (AvgIpc) is 2.63. The van der Waals surface area contributed by atoms with Crippen molar-refractivity contribution in [2.75, 3.05) is 30.5 Å². The second-order valence-corrected chi connectivity index (χ2v) is 5.27. The minimum absolute atomic E-state index is 0.274. The quantitative estimate of drug-likeness (QED) is 0.906. The molecule has 0 amide bonds. The molecule has 2 aromatic rings. The van der Waals surface area contributed by atoms with Crippen molar-refractivity contribution in [1.82, 2.24) is 19.9 Å². The molecule has 1 aliphatic heterocycles. The summed E-state index contributed by atoms with van der Waals surface area (Å²) in [7, 11) is 2.01. The van der Waals surface area contributed by atoms with Gasteiger partial charge in [0.25, 0.3) is 0 Å². The maximum absolute atomic E-state index is 8.73. The van der Waals surface area contributed by atoms with Gasteiger partial charge in [-0.25, -0.2) is 19.9 Å². The number of likely N-dealkylation sites (N-methyl/N-ethyl adjacent to an activating group) is 1. The zero-order valence-electron chi connectivity index (χ0n) is 12.8. The number of hydrogen-bond donors (Lipinski definition) is 1. The van der Waals surface area contributed by atoms with Crippen LogP contribution in [0.4, 0.5) is 17.5 Å². The summed E-state index contributed by atoms with van der Waals surface area (Å²) >= 11 is 0. The topological polar surface area (TPSA) is 99.9 Å². The zero-order chi connectivity index (χ0) is 16.1. The number of nitrogens with one attached hydrogen (secondary N) is 1. The fraction of sp³-hybridized carbons (Fsp3) is 0.400. The van der Waals surface area contributed by atoms with E-state index in [0.29, 0.717) is 24.3 Å². The fourth-order valence-corrected chi connectivity index (χ4v) is 2.41. The van der Waals surface area contributed by atoms with E-state index in [1.165, 1.54) is 18.7 Å². The minimum atomic E-state index is 0.274. The van der Waals surface area contributed by atoms with Gasteiger partial charge in [-0.15, -0.1) is 0 Å². The van der Waals surface area contributed by atoms with E-state index >= 15 is 0 Å². The number of aromatic nitrogens is 4. The van der Waals surface area contributed by atoms with Crippen LogP contribution in [0.2, 0.25) is 0 Å². The molecule has 1 atom stereocenters. The SMILES string of the molecule is CN(c1cc(Nc2cnc(C#N)cn2)ncn1)[C@@H]1CCCOC1. The zero-order valence-corrected chi connectivity index (χ0v) is 12.8. The van der Waals surface area contributed by atoms with E-state index in [0.717, 1.165) is 25.3 Å². The Hall–Kier alpha value is -2.79. The molecule has 23 heavy (non-hydrogen) atoms. The van der Waals surface area contributed by atoms with Gasteiger partial charge in [0.05, 0.1) is 25.0 Å². The Balaban J connectivity index is 1.72. The molecule has 0 unspecified atom stereocenters. The van der Waals surface area contributed by atoms with Crippen LogP contribution in [0, 0.1) is 11.3 Å². The maximum atomic E-state index is 8.73. The van der Waals surface area contributed by atoms with Crippen LogP contribution in [0.5, 0.6) is 0 Å². The number of nitriles is 1. The number of anilines is 3. The molecule has 0 aliphatic carbocycles. The second-order valence-electron chi connectivity index (χ2n) is 5.27. The second kappa shape index (κ2) is 6.98. The Morgan fingerprint density at radius 3 is 2.87 bits per heavy atom. The van der Waals surface area contributed by atoms with Crippen molar-refractivity contribution >= 4 is 17.5 Å². The van der Waals surface area contributed by atoms with Gasteiger partial charge in [-0.2, -0.15) is 5.26 Å². The third-order valence-corrected chi connectivity index (χ3v) is 3.72. The molecule has 0 bridgehead atoms. The van der Waals surface area contributed by atoms with Crippen LogP contribution in [0.1, 0.15) is 18.5 Å². The van der Waals surface area contributed by atoms with Crippen LogP contribution in [0.3, 0.4) is 0 Å². The molecule has 3 rings (SSSR count). The monoisotopic (exact) mass is 311 g/mol. The Morgan fingerprint density at radius 1 is 1.26 bits per heavy atom. The standard InChI is InChI=1S/C15H17N7O/c1-22(12-3-2-4-23-9-12)15-5-13(19-10-20-15)21-14-8-17-11(6-16)7-18-14/h5,7-8,10,12H,2-4,9H2,1H3,(H,18,19,20,21)/t12-/m1/s1. The predicted molar refractivity (Wildman–Crippen MR) is 84.3 cm³/mol. The lowest BCUT2D eigenvalue weighted by molar-refractivity contribution is 0.0805. The Labute approximate surface area is 134 Å². The molecular formula is C15H17N7O. The molecule has 1 saturated heterocycles. The van der Waals surface area contributed by atoms with Crippen molar-refractivity contribution in [3.05, 3.63) is 30.5 Å². The first kappa shape index (κ1) is 15.1. The fourth-order valence-electron chi connectivity index (χ4n) is 2.41. The third-order valence-electron chi connectivity index (χ3n) is 3.72. The third kappa shape index (κ3) is 3.70. The Kier molecular flexibility index (Phi) is 4.59. The lowest BCUT2D eigenvalue weighted by atomic mass is 10.1. The van der Waals surface area contributed by atoms with E-state index < -0.39 is 0 Å². The summed E-state index contributed by atoms with van der Waals surface area (Å²) in [5, 5.41) is 11.8. The molecular weight excluding hydrogens is 294 g/mol. The van der Waals surface area contributed by atoms with E-state index in [2.05, 4.69) is 30.2 Å². The molecule has 1 fully saturated rings. The maximum Gasteiger partial charge on any atom is 0.158 e. The molecule has 1 aliphatic rings. The molecule has 0 radical (unpaired) electrons. The van der Waals surface area contributed by atoms with Gasteiger partial charge in [0.1, 0.15) is 29.9 Å². The first-order valence-corrected chi connectivity index (χ1v) is 7.38. The van der Waals surface area contributed by atoms with Crippen molar-refractivity contribution in [3.63, 3.8) is 0 Å². The summed E-state index contributed by atoms with van der Waals surface area (Å²) < 4.78 is 5.53. The van der Waals surface area contributed by atoms with Crippen LogP contribution in [0.15, 0.2) is 24.8 Å². The van der Waals surface area contributed by atoms with Crippen LogP contribution in [-0.4, -0.2) is 46.2 Å². The van der Waals surface area contributed by atoms with Crippen molar-refractivity contribution in [2.24, 2.45) is 0 Å². The number of ether oxygens (including phenoxy) is 1. The average molecular weight is 311 g/mol. The molecule has 1 N–H and O–H groups in total. The molecule has 8 heteroatoms. The summed E-state index contributed by atoms with van der Waals surface area (Å²) in [5.41, 5.74) is 0.274. The molecule has 8 nitrogen and oxygen atoms in total. The first-order chi connectivity index (χ1) is 11.3. The van der Waals surface area contributed by atoms with Gasteiger partial charge >= 0.3 is 0 Å². The van der Waals surface area contributed by atoms with E-state index in [-0.39, 0.29) is 5.69 Å². The highest BCUT2D eigenvalue weighted by molar-refractivity contribution is 5.55.